The van der Waals surface area contributed by atoms with Crippen molar-refractivity contribution in [2.45, 2.75) is 386 Å². The van der Waals surface area contributed by atoms with Gasteiger partial charge in [0.15, 0.2) is 0 Å². The summed E-state index contributed by atoms with van der Waals surface area (Å²) in [5.74, 6) is 1.36. The van der Waals surface area contributed by atoms with Crippen LogP contribution in [0.25, 0.3) is 0 Å². The maximum atomic E-state index is 13.7. The molecule has 2 amide bonds. The van der Waals surface area contributed by atoms with E-state index in [2.05, 4.69) is 55.1 Å². The van der Waals surface area contributed by atoms with Crippen molar-refractivity contribution in [3.63, 3.8) is 0 Å². The van der Waals surface area contributed by atoms with Crippen molar-refractivity contribution in [3.05, 3.63) is 0 Å². The van der Waals surface area contributed by atoms with Gasteiger partial charge in [-0.05, 0) is 124 Å². The quantitative estimate of drug-likeness (QED) is 0.0259. The number of carbonyl (C=O) groups excluding carboxylic acids is 4. The van der Waals surface area contributed by atoms with E-state index >= 15 is 0 Å². The first kappa shape index (κ1) is 90.4. The van der Waals surface area contributed by atoms with E-state index in [0.29, 0.717) is 58.6 Å². The number of aliphatic hydroxyl groups is 2. The lowest BCUT2D eigenvalue weighted by Gasteiger charge is -2.27. The summed E-state index contributed by atoms with van der Waals surface area (Å²) in [4.78, 5) is 59.6. The number of esters is 2. The van der Waals surface area contributed by atoms with Gasteiger partial charge in [0.2, 0.25) is 11.8 Å². The topological polar surface area (TPSA) is 161 Å². The summed E-state index contributed by atoms with van der Waals surface area (Å²) < 4.78 is 11.8. The third-order valence-corrected chi connectivity index (χ3v) is 20.7. The predicted octanol–water partition coefficient (Wildman–Crippen LogP) is 19.3. The van der Waals surface area contributed by atoms with Crippen LogP contribution in [0, 0.1) is 0 Å². The molecule has 0 fully saturated rings. The minimum absolute atomic E-state index is 0.000685. The monoisotopic (exact) mass is 1340 g/mol. The fourth-order valence-electron chi connectivity index (χ4n) is 12.2. The highest BCUT2D eigenvalue weighted by Gasteiger charge is 2.23. The summed E-state index contributed by atoms with van der Waals surface area (Å²) >= 11 is 0. The van der Waals surface area contributed by atoms with Crippen LogP contribution >= 0.6 is 21.6 Å². The molecule has 0 aliphatic carbocycles. The van der Waals surface area contributed by atoms with E-state index in [1.165, 1.54) is 161 Å². The van der Waals surface area contributed by atoms with Gasteiger partial charge in [0.05, 0.1) is 18.8 Å². The van der Waals surface area contributed by atoms with Gasteiger partial charge in [-0.1, -0.05) is 275 Å². The van der Waals surface area contributed by atoms with Crippen LogP contribution in [0.1, 0.15) is 362 Å². The number of rotatable bonds is 74. The SMILES string of the molecule is CCCCCCCCCCCOC(=O)CCCCCN(CCCCCCCC(=O)OC(CCCCCCCC)CCCCCCCC)CCCCSSCCC(NC(=O)CCN(CC(O)CCCCCCCC)CC(O)CCCCCCCC)C(=O)NCCN(C)C. The maximum absolute atomic E-state index is 13.7. The Morgan fingerprint density at radius 3 is 1.26 bits per heavy atom. The minimum Gasteiger partial charge on any atom is -0.466 e. The van der Waals surface area contributed by atoms with Crippen LogP contribution in [0.4, 0.5) is 0 Å². The molecule has 0 rings (SSSR count). The Hall–Kier alpha value is -1.62. The number of hydrogen-bond donors (Lipinski definition) is 4. The van der Waals surface area contributed by atoms with Crippen molar-refractivity contribution >= 4 is 45.3 Å². The summed E-state index contributed by atoms with van der Waals surface area (Å²) in [6.45, 7) is 17.4. The van der Waals surface area contributed by atoms with Crippen molar-refractivity contribution < 1.29 is 38.9 Å². The Kier molecular flexibility index (Phi) is 69.4. The second-order valence-electron chi connectivity index (χ2n) is 27.7. The summed E-state index contributed by atoms with van der Waals surface area (Å²) in [5.41, 5.74) is 0. The summed E-state index contributed by atoms with van der Waals surface area (Å²) in [5, 5.41) is 28.4. The van der Waals surface area contributed by atoms with Gasteiger partial charge >= 0.3 is 11.9 Å². The first-order valence-corrected chi connectivity index (χ1v) is 42.0. The van der Waals surface area contributed by atoms with E-state index in [1.807, 2.05) is 29.8 Å². The molecule has 0 aromatic heterocycles. The van der Waals surface area contributed by atoms with Crippen LogP contribution < -0.4 is 10.6 Å². The highest BCUT2D eigenvalue weighted by atomic mass is 33.1. The number of aliphatic hydroxyl groups excluding tert-OH is 2. The van der Waals surface area contributed by atoms with E-state index < -0.39 is 18.2 Å². The highest BCUT2D eigenvalue weighted by molar-refractivity contribution is 8.76. The molecule has 3 unspecified atom stereocenters. The summed E-state index contributed by atoms with van der Waals surface area (Å²) in [6, 6.07) is -0.639. The molecule has 0 spiro atoms. The number of unbranched alkanes of at least 4 members (excludes halogenated alkanes) is 35. The van der Waals surface area contributed by atoms with Gasteiger partial charge in [-0.3, -0.25) is 24.1 Å². The van der Waals surface area contributed by atoms with Gasteiger partial charge in [-0.15, -0.1) is 0 Å². The van der Waals surface area contributed by atoms with Crippen molar-refractivity contribution in [2.24, 2.45) is 0 Å². The van der Waals surface area contributed by atoms with Gasteiger partial charge in [-0.2, -0.15) is 0 Å². The number of ether oxygens (including phenoxy) is 2. The molecule has 13 nitrogen and oxygen atoms in total. The number of amides is 2. The molecular formula is C77H153N5O8S2. The third kappa shape index (κ3) is 64.4. The van der Waals surface area contributed by atoms with Crippen LogP contribution in [0.5, 0.6) is 0 Å². The fourth-order valence-corrected chi connectivity index (χ4v) is 14.4. The third-order valence-electron chi connectivity index (χ3n) is 18.2. The Labute approximate surface area is 577 Å². The Balaban J connectivity index is 5.38. The molecule has 0 saturated carbocycles. The van der Waals surface area contributed by atoms with Gasteiger partial charge < -0.3 is 40.1 Å². The predicted molar refractivity (Wildman–Crippen MR) is 398 cm³/mol. The zero-order chi connectivity index (χ0) is 67.4. The first-order valence-electron chi connectivity index (χ1n) is 39.5. The average Bonchev–Trinajstić information content (AvgIpc) is 2.51. The van der Waals surface area contributed by atoms with Crippen LogP contribution in [-0.2, 0) is 28.7 Å². The minimum atomic E-state index is -0.639. The average molecular weight is 1340 g/mol. The van der Waals surface area contributed by atoms with Crippen LogP contribution in [0.3, 0.4) is 0 Å². The fraction of sp³-hybridized carbons (Fsp3) is 0.948. The molecule has 0 aliphatic heterocycles. The van der Waals surface area contributed by atoms with Crippen molar-refractivity contribution in [2.75, 3.05) is 84.6 Å². The number of likely N-dealkylation sites (N-methyl/N-ethyl adjacent to an activating group) is 1. The molecule has 0 aromatic rings. The largest absolute Gasteiger partial charge is 0.466 e. The molecule has 0 heterocycles. The molecule has 0 saturated heterocycles. The molecule has 0 bridgehead atoms. The molecule has 0 aromatic carbocycles. The van der Waals surface area contributed by atoms with Gasteiger partial charge in [-0.25, -0.2) is 0 Å². The standard InChI is InChI=1S/C77H153N5O8S2/c1-8-13-18-23-28-29-30-38-49-65-89-75(86)55-45-39-47-61-81(60-46-37-31-36-44-56-76(87)90-72(53-42-34-26-21-16-11-4)54-43-35-27-22-17-12-5)62-48-50-66-91-92-67-58-73(77(88)78-59-64-80(6)7)79-74(85)57-63-82(68-70(83)51-40-32-24-19-14-9-2)69-71(84)52-41-33-25-20-15-10-3/h70-73,83-84H,8-69H2,1-7H3,(H,78,88)(H,79,85). The van der Waals surface area contributed by atoms with E-state index in [0.717, 1.165) is 172 Å². The molecular weight excluding hydrogens is 1190 g/mol. The number of nitrogens with one attached hydrogen (secondary N) is 2. The Bertz CT molecular complexity index is 1560. The zero-order valence-electron chi connectivity index (χ0n) is 61.7. The van der Waals surface area contributed by atoms with Gasteiger partial charge in [0.25, 0.3) is 0 Å². The zero-order valence-corrected chi connectivity index (χ0v) is 63.3. The second kappa shape index (κ2) is 70.7. The molecule has 0 aliphatic rings. The molecule has 15 heteroatoms. The molecule has 0 radical (unpaired) electrons. The second-order valence-corrected chi connectivity index (χ2v) is 30.4. The lowest BCUT2D eigenvalue weighted by atomic mass is 10.0. The van der Waals surface area contributed by atoms with Crippen molar-refractivity contribution in [1.29, 1.82) is 0 Å². The van der Waals surface area contributed by atoms with E-state index in [9.17, 15) is 29.4 Å². The van der Waals surface area contributed by atoms with E-state index in [4.69, 9.17) is 9.47 Å². The van der Waals surface area contributed by atoms with Crippen molar-refractivity contribution in [3.8, 4) is 0 Å². The normalized spacial score (nSPS) is 12.8. The Morgan fingerprint density at radius 1 is 0.391 bits per heavy atom. The first-order chi connectivity index (χ1) is 44.9. The Morgan fingerprint density at radius 2 is 0.783 bits per heavy atom. The highest BCUT2D eigenvalue weighted by Crippen LogP contribution is 2.25. The molecule has 546 valence electrons. The number of hydrogen-bond acceptors (Lipinski definition) is 13. The number of carbonyl (C=O) groups is 4. The van der Waals surface area contributed by atoms with Crippen LogP contribution in [0.15, 0.2) is 0 Å². The lowest BCUT2D eigenvalue weighted by Crippen LogP contribution is -2.49. The smallest absolute Gasteiger partial charge is 0.306 e. The van der Waals surface area contributed by atoms with Crippen LogP contribution in [-0.4, -0.2) is 158 Å². The maximum Gasteiger partial charge on any atom is 0.306 e. The van der Waals surface area contributed by atoms with E-state index in [-0.39, 0.29) is 36.3 Å². The lowest BCUT2D eigenvalue weighted by molar-refractivity contribution is -0.150. The van der Waals surface area contributed by atoms with E-state index in [1.54, 1.807) is 10.8 Å². The number of nitrogens with zero attached hydrogens (tertiary/aromatic N) is 3. The summed E-state index contributed by atoms with van der Waals surface area (Å²) in [6.07, 6.45) is 55.2. The van der Waals surface area contributed by atoms with Crippen molar-refractivity contribution in [1.82, 2.24) is 25.3 Å². The molecule has 92 heavy (non-hydrogen) atoms. The molecule has 3 atom stereocenters. The van der Waals surface area contributed by atoms with Gasteiger partial charge in [0.1, 0.15) is 12.1 Å². The molecule has 4 N–H and O–H groups in total. The van der Waals surface area contributed by atoms with Gasteiger partial charge in [0, 0.05) is 63.5 Å². The van der Waals surface area contributed by atoms with Crippen LogP contribution in [0.2, 0.25) is 0 Å². The summed E-state index contributed by atoms with van der Waals surface area (Å²) in [7, 11) is 7.58.